The van der Waals surface area contributed by atoms with Gasteiger partial charge in [-0.25, -0.2) is 0 Å². The molecule has 1 saturated heterocycles. The van der Waals surface area contributed by atoms with E-state index >= 15 is 0 Å². The van der Waals surface area contributed by atoms with Crippen LogP contribution >= 0.6 is 0 Å². The quantitative estimate of drug-likeness (QED) is 0.704. The van der Waals surface area contributed by atoms with Gasteiger partial charge in [-0.05, 0) is 25.8 Å². The van der Waals surface area contributed by atoms with Crippen LogP contribution in [0.3, 0.4) is 0 Å². The van der Waals surface area contributed by atoms with Gasteiger partial charge in [0, 0.05) is 12.6 Å². The minimum atomic E-state index is -0.396. The molecule has 1 aliphatic carbocycles. The summed E-state index contributed by atoms with van der Waals surface area (Å²) >= 11 is 0. The van der Waals surface area contributed by atoms with Crippen molar-refractivity contribution in [1.29, 1.82) is 0 Å². The highest BCUT2D eigenvalue weighted by molar-refractivity contribution is 5.81. The molecule has 0 aromatic heterocycles. The van der Waals surface area contributed by atoms with Gasteiger partial charge in [0.25, 0.3) is 5.91 Å². The van der Waals surface area contributed by atoms with Crippen molar-refractivity contribution in [2.24, 2.45) is 5.73 Å². The maximum absolute atomic E-state index is 12.2. The lowest BCUT2D eigenvalue weighted by Crippen LogP contribution is -2.46. The van der Waals surface area contributed by atoms with Crippen LogP contribution < -0.4 is 5.73 Å². The lowest BCUT2D eigenvalue weighted by Gasteiger charge is -2.29. The molecular weight excluding hydrogens is 208 g/mol. The SMILES string of the molecule is NCCCN(C(=O)C1COCCO1)C1CC1. The molecule has 0 aromatic rings. The average molecular weight is 228 g/mol. The minimum Gasteiger partial charge on any atom is -0.376 e. The first-order valence-corrected chi connectivity index (χ1v) is 6.03. The van der Waals surface area contributed by atoms with E-state index in [-0.39, 0.29) is 5.91 Å². The molecule has 1 heterocycles. The third kappa shape index (κ3) is 2.93. The topological polar surface area (TPSA) is 64.8 Å². The monoisotopic (exact) mass is 228 g/mol. The van der Waals surface area contributed by atoms with Crippen LogP contribution in [-0.2, 0) is 14.3 Å². The summed E-state index contributed by atoms with van der Waals surface area (Å²) < 4.78 is 10.7. The van der Waals surface area contributed by atoms with Crippen molar-refractivity contribution < 1.29 is 14.3 Å². The molecule has 92 valence electrons. The zero-order valence-electron chi connectivity index (χ0n) is 9.56. The summed E-state index contributed by atoms with van der Waals surface area (Å²) in [6, 6.07) is 0.421. The second-order valence-electron chi connectivity index (χ2n) is 4.34. The Bertz CT molecular complexity index is 237. The molecule has 0 bridgehead atoms. The van der Waals surface area contributed by atoms with Gasteiger partial charge in [-0.15, -0.1) is 0 Å². The zero-order chi connectivity index (χ0) is 11.4. The van der Waals surface area contributed by atoms with Gasteiger partial charge in [0.15, 0.2) is 6.10 Å². The number of carbonyl (C=O) groups is 1. The molecule has 2 rings (SSSR count). The lowest BCUT2D eigenvalue weighted by molar-refractivity contribution is -0.158. The highest BCUT2D eigenvalue weighted by Crippen LogP contribution is 2.28. The number of amides is 1. The van der Waals surface area contributed by atoms with Gasteiger partial charge < -0.3 is 20.1 Å². The molecule has 1 unspecified atom stereocenters. The Kier molecular flexibility index (Phi) is 4.15. The van der Waals surface area contributed by atoms with Gasteiger partial charge in [0.1, 0.15) is 0 Å². The number of nitrogens with zero attached hydrogens (tertiary/aromatic N) is 1. The molecule has 5 nitrogen and oxygen atoms in total. The highest BCUT2D eigenvalue weighted by atomic mass is 16.6. The van der Waals surface area contributed by atoms with Crippen molar-refractivity contribution in [3.8, 4) is 0 Å². The Morgan fingerprint density at radius 2 is 2.19 bits per heavy atom. The van der Waals surface area contributed by atoms with E-state index in [1.54, 1.807) is 0 Å². The molecule has 2 N–H and O–H groups in total. The number of nitrogens with two attached hydrogens (primary N) is 1. The van der Waals surface area contributed by atoms with Crippen molar-refractivity contribution in [2.75, 3.05) is 32.9 Å². The predicted molar refractivity (Wildman–Crippen MR) is 59.0 cm³/mol. The Balaban J connectivity index is 1.87. The largest absolute Gasteiger partial charge is 0.376 e. The number of carbonyl (C=O) groups excluding carboxylic acids is 1. The van der Waals surface area contributed by atoms with E-state index in [0.717, 1.165) is 25.8 Å². The molecule has 2 aliphatic rings. The highest BCUT2D eigenvalue weighted by Gasteiger charge is 2.36. The predicted octanol–water partition coefficient (Wildman–Crippen LogP) is -0.258. The van der Waals surface area contributed by atoms with Crippen molar-refractivity contribution in [3.05, 3.63) is 0 Å². The van der Waals surface area contributed by atoms with Crippen LogP contribution in [0.4, 0.5) is 0 Å². The molecule has 2 fully saturated rings. The number of rotatable bonds is 5. The van der Waals surface area contributed by atoms with Crippen molar-refractivity contribution in [2.45, 2.75) is 31.4 Å². The molecule has 1 amide bonds. The van der Waals surface area contributed by atoms with E-state index in [1.165, 1.54) is 0 Å². The Hall–Kier alpha value is -0.650. The molecule has 0 radical (unpaired) electrons. The standard InChI is InChI=1S/C11H20N2O3/c12-4-1-5-13(9-2-3-9)11(14)10-8-15-6-7-16-10/h9-10H,1-8,12H2. The van der Waals surface area contributed by atoms with Crippen molar-refractivity contribution in [3.63, 3.8) is 0 Å². The summed E-state index contributed by atoms with van der Waals surface area (Å²) in [4.78, 5) is 14.1. The van der Waals surface area contributed by atoms with Gasteiger partial charge in [0.05, 0.1) is 19.8 Å². The Morgan fingerprint density at radius 1 is 1.38 bits per heavy atom. The minimum absolute atomic E-state index is 0.0793. The molecular formula is C11H20N2O3. The summed E-state index contributed by atoms with van der Waals surface area (Å²) in [6.07, 6.45) is 2.69. The third-order valence-corrected chi connectivity index (χ3v) is 2.97. The van der Waals surface area contributed by atoms with Gasteiger partial charge in [-0.2, -0.15) is 0 Å². The van der Waals surface area contributed by atoms with Crippen molar-refractivity contribution in [1.82, 2.24) is 4.90 Å². The molecule has 0 spiro atoms. The van der Waals surface area contributed by atoms with E-state index in [1.807, 2.05) is 4.90 Å². The van der Waals surface area contributed by atoms with Crippen LogP contribution in [-0.4, -0.2) is 55.9 Å². The molecule has 1 atom stereocenters. The molecule has 16 heavy (non-hydrogen) atoms. The van der Waals surface area contributed by atoms with Crippen LogP contribution in [0.2, 0.25) is 0 Å². The lowest BCUT2D eigenvalue weighted by atomic mass is 10.2. The summed E-state index contributed by atoms with van der Waals surface area (Å²) in [6.45, 7) is 2.88. The molecule has 5 heteroatoms. The second kappa shape index (κ2) is 5.61. The Labute approximate surface area is 95.9 Å². The first kappa shape index (κ1) is 11.8. The molecule has 0 aromatic carbocycles. The first-order chi connectivity index (χ1) is 7.83. The van der Waals surface area contributed by atoms with Gasteiger partial charge in [0.2, 0.25) is 0 Å². The first-order valence-electron chi connectivity index (χ1n) is 6.03. The van der Waals surface area contributed by atoms with Crippen LogP contribution in [0.15, 0.2) is 0 Å². The summed E-state index contributed by atoms with van der Waals surface area (Å²) in [7, 11) is 0. The fourth-order valence-corrected chi connectivity index (χ4v) is 1.94. The molecule has 1 saturated carbocycles. The summed E-state index contributed by atoms with van der Waals surface area (Å²) in [5.74, 6) is 0.0793. The van der Waals surface area contributed by atoms with E-state index in [4.69, 9.17) is 15.2 Å². The Morgan fingerprint density at radius 3 is 2.75 bits per heavy atom. The zero-order valence-corrected chi connectivity index (χ0v) is 9.56. The molecule has 1 aliphatic heterocycles. The van der Waals surface area contributed by atoms with E-state index in [2.05, 4.69) is 0 Å². The van der Waals surface area contributed by atoms with Crippen LogP contribution in [0.5, 0.6) is 0 Å². The third-order valence-electron chi connectivity index (χ3n) is 2.97. The van der Waals surface area contributed by atoms with Gasteiger partial charge in [-0.3, -0.25) is 4.79 Å². The number of hydrogen-bond donors (Lipinski definition) is 1. The maximum Gasteiger partial charge on any atom is 0.254 e. The summed E-state index contributed by atoms with van der Waals surface area (Å²) in [5, 5.41) is 0. The normalized spacial score (nSPS) is 25.4. The van der Waals surface area contributed by atoms with Gasteiger partial charge in [-0.1, -0.05) is 0 Å². The van der Waals surface area contributed by atoms with Crippen molar-refractivity contribution >= 4 is 5.91 Å². The maximum atomic E-state index is 12.2. The fourth-order valence-electron chi connectivity index (χ4n) is 1.94. The van der Waals surface area contributed by atoms with Crippen LogP contribution in [0, 0.1) is 0 Å². The van der Waals surface area contributed by atoms with Crippen LogP contribution in [0.1, 0.15) is 19.3 Å². The van der Waals surface area contributed by atoms with E-state index in [0.29, 0.717) is 32.4 Å². The number of hydrogen-bond acceptors (Lipinski definition) is 4. The summed E-state index contributed by atoms with van der Waals surface area (Å²) in [5.41, 5.74) is 5.48. The van der Waals surface area contributed by atoms with Crippen LogP contribution in [0.25, 0.3) is 0 Å². The van der Waals surface area contributed by atoms with Gasteiger partial charge >= 0.3 is 0 Å². The number of ether oxygens (including phenoxy) is 2. The fraction of sp³-hybridized carbons (Fsp3) is 0.909. The second-order valence-corrected chi connectivity index (χ2v) is 4.34. The average Bonchev–Trinajstić information content (AvgIpc) is 3.15. The van der Waals surface area contributed by atoms with E-state index < -0.39 is 6.10 Å². The smallest absolute Gasteiger partial charge is 0.254 e. The van der Waals surface area contributed by atoms with E-state index in [9.17, 15) is 4.79 Å².